The number of carbonyl (C=O) groups is 1. The Morgan fingerprint density at radius 3 is 1.41 bits per heavy atom. The maximum Gasteiger partial charge on any atom is 0.162 e. The van der Waals surface area contributed by atoms with Crippen molar-refractivity contribution in [2.45, 2.75) is 19.3 Å². The molecule has 0 saturated carbocycles. The van der Waals surface area contributed by atoms with Crippen LogP contribution < -0.4 is 9.47 Å². The van der Waals surface area contributed by atoms with Crippen LogP contribution in [0.3, 0.4) is 0 Å². The van der Waals surface area contributed by atoms with E-state index in [1.165, 1.54) is 0 Å². The molecule has 0 amide bonds. The largest absolute Gasteiger partial charge is 0.497 e. The molecule has 3 aromatic carbocycles. The van der Waals surface area contributed by atoms with Crippen molar-refractivity contribution in [3.8, 4) is 11.5 Å². The van der Waals surface area contributed by atoms with Gasteiger partial charge in [-0.1, -0.05) is 55.5 Å². The van der Waals surface area contributed by atoms with Crippen LogP contribution in [0.1, 0.15) is 46.3 Å². The lowest BCUT2D eigenvalue weighted by Crippen LogP contribution is -2.05. The number of benzene rings is 3. The maximum atomic E-state index is 11.9. The van der Waals surface area contributed by atoms with Crippen LogP contribution in [0.5, 0.6) is 11.5 Å². The maximum absolute atomic E-state index is 11.9. The highest BCUT2D eigenvalue weighted by Crippen LogP contribution is 2.34. The van der Waals surface area contributed by atoms with Crippen molar-refractivity contribution in [3.63, 3.8) is 0 Å². The number of ketones is 1. The summed E-state index contributed by atoms with van der Waals surface area (Å²) in [5.74, 6) is 1.88. The van der Waals surface area contributed by atoms with E-state index in [1.807, 2.05) is 55.5 Å². The molecule has 3 nitrogen and oxygen atoms in total. The van der Waals surface area contributed by atoms with Gasteiger partial charge in [0, 0.05) is 17.9 Å². The molecule has 0 unspecified atom stereocenters. The Morgan fingerprint density at radius 2 is 1.07 bits per heavy atom. The normalized spacial score (nSPS) is 10.7. The van der Waals surface area contributed by atoms with Gasteiger partial charge in [-0.05, 0) is 41.0 Å². The monoisotopic (exact) mass is 360 g/mol. The van der Waals surface area contributed by atoms with Gasteiger partial charge in [-0.3, -0.25) is 4.79 Å². The minimum atomic E-state index is 0.0626. The second kappa shape index (κ2) is 8.54. The van der Waals surface area contributed by atoms with Crippen LogP contribution in [0.2, 0.25) is 0 Å². The van der Waals surface area contributed by atoms with Crippen molar-refractivity contribution in [1.29, 1.82) is 0 Å². The molecule has 0 fully saturated rings. The van der Waals surface area contributed by atoms with Gasteiger partial charge in [0.15, 0.2) is 5.78 Å². The molecule has 3 rings (SSSR count). The van der Waals surface area contributed by atoms with Crippen molar-refractivity contribution in [2.75, 3.05) is 14.2 Å². The molecule has 3 heteroatoms. The van der Waals surface area contributed by atoms with E-state index in [4.69, 9.17) is 9.47 Å². The highest BCUT2D eigenvalue weighted by atomic mass is 16.5. The summed E-state index contributed by atoms with van der Waals surface area (Å²) in [6.45, 7) is 1.88. The molecule has 0 heterocycles. The lowest BCUT2D eigenvalue weighted by Gasteiger charge is -2.20. The van der Waals surface area contributed by atoms with Gasteiger partial charge in [0.1, 0.15) is 11.5 Å². The Labute approximate surface area is 160 Å². The number of ether oxygens (including phenoxy) is 2. The molecule has 138 valence electrons. The van der Waals surface area contributed by atoms with E-state index >= 15 is 0 Å². The van der Waals surface area contributed by atoms with Crippen molar-refractivity contribution in [1.82, 2.24) is 0 Å². The lowest BCUT2D eigenvalue weighted by atomic mass is 9.84. The molecule has 0 saturated heterocycles. The summed E-state index contributed by atoms with van der Waals surface area (Å²) < 4.78 is 10.6. The van der Waals surface area contributed by atoms with Gasteiger partial charge in [0.25, 0.3) is 0 Å². The van der Waals surface area contributed by atoms with Crippen LogP contribution in [-0.2, 0) is 0 Å². The Balaban J connectivity index is 2.03. The van der Waals surface area contributed by atoms with Crippen LogP contribution >= 0.6 is 0 Å². The summed E-state index contributed by atoms with van der Waals surface area (Å²) >= 11 is 0. The highest BCUT2D eigenvalue weighted by Gasteiger charge is 2.17. The van der Waals surface area contributed by atoms with E-state index in [9.17, 15) is 4.79 Å². The Kier molecular flexibility index (Phi) is 5.92. The van der Waals surface area contributed by atoms with Crippen LogP contribution in [0.25, 0.3) is 0 Å². The molecule has 0 spiro atoms. The summed E-state index contributed by atoms with van der Waals surface area (Å²) in [5, 5.41) is 0. The average Bonchev–Trinajstić information content (AvgIpc) is 2.75. The number of hydrogen-bond donors (Lipinski definition) is 0. The number of Topliss-reactive ketones (excluding diaryl/α,β-unsaturated/α-hetero) is 1. The second-order valence-electron chi connectivity index (χ2n) is 6.38. The summed E-state index contributed by atoms with van der Waals surface area (Å²) in [6, 6.07) is 24.1. The number of hydrogen-bond acceptors (Lipinski definition) is 3. The van der Waals surface area contributed by atoms with Crippen molar-refractivity contribution in [2.24, 2.45) is 0 Å². The Hall–Kier alpha value is -3.07. The minimum Gasteiger partial charge on any atom is -0.497 e. The number of carbonyl (C=O) groups excluding carboxylic acids is 1. The molecule has 0 aliphatic heterocycles. The fourth-order valence-corrected chi connectivity index (χ4v) is 3.24. The smallest absolute Gasteiger partial charge is 0.162 e. The first-order valence-electron chi connectivity index (χ1n) is 9.07. The number of methoxy groups -OCH3 is 2. The highest BCUT2D eigenvalue weighted by molar-refractivity contribution is 5.95. The molecule has 0 N–H and O–H groups in total. The van der Waals surface area contributed by atoms with Crippen LogP contribution in [0.4, 0.5) is 0 Å². The Morgan fingerprint density at radius 1 is 0.704 bits per heavy atom. The Bertz CT molecular complexity index is 831. The zero-order valence-corrected chi connectivity index (χ0v) is 15.9. The molecular weight excluding hydrogens is 336 g/mol. The predicted molar refractivity (Wildman–Crippen MR) is 108 cm³/mol. The van der Waals surface area contributed by atoms with E-state index < -0.39 is 0 Å². The topological polar surface area (TPSA) is 35.5 Å². The van der Waals surface area contributed by atoms with Crippen molar-refractivity contribution in [3.05, 3.63) is 95.1 Å². The molecule has 0 aliphatic rings. The van der Waals surface area contributed by atoms with Crippen molar-refractivity contribution >= 4 is 5.78 Å². The molecule has 0 atom stereocenters. The van der Waals surface area contributed by atoms with Crippen LogP contribution in [0.15, 0.2) is 72.8 Å². The first kappa shape index (κ1) is 18.7. The van der Waals surface area contributed by atoms with E-state index in [2.05, 4.69) is 24.3 Å². The number of rotatable bonds is 7. The van der Waals surface area contributed by atoms with Gasteiger partial charge in [-0.2, -0.15) is 0 Å². The molecule has 0 aliphatic carbocycles. The standard InChI is InChI=1S/C24H24O3/c1-4-23(25)17-5-7-18(8-6-17)24(19-9-13-21(26-2)14-10-19)20-11-15-22(27-3)16-12-20/h5-16,24H,4H2,1-3H3. The predicted octanol–water partition coefficient (Wildman–Crippen LogP) is 5.48. The fraction of sp³-hybridized carbons (Fsp3) is 0.208. The summed E-state index contributed by atoms with van der Waals surface area (Å²) in [5.41, 5.74) is 4.22. The van der Waals surface area contributed by atoms with Crippen LogP contribution in [-0.4, -0.2) is 20.0 Å². The minimum absolute atomic E-state index is 0.0626. The van der Waals surface area contributed by atoms with Crippen LogP contribution in [0, 0.1) is 0 Å². The molecule has 27 heavy (non-hydrogen) atoms. The third kappa shape index (κ3) is 4.20. The van der Waals surface area contributed by atoms with Gasteiger partial charge in [0.05, 0.1) is 14.2 Å². The van der Waals surface area contributed by atoms with E-state index in [-0.39, 0.29) is 11.7 Å². The summed E-state index contributed by atoms with van der Waals surface area (Å²) in [4.78, 5) is 11.9. The molecule has 0 aromatic heterocycles. The van der Waals surface area contributed by atoms with Crippen molar-refractivity contribution < 1.29 is 14.3 Å². The fourth-order valence-electron chi connectivity index (χ4n) is 3.24. The first-order chi connectivity index (χ1) is 13.2. The third-order valence-corrected chi connectivity index (χ3v) is 4.79. The van der Waals surface area contributed by atoms with Gasteiger partial charge in [-0.15, -0.1) is 0 Å². The second-order valence-corrected chi connectivity index (χ2v) is 6.38. The SMILES string of the molecule is CCC(=O)c1ccc(C(c2ccc(OC)cc2)c2ccc(OC)cc2)cc1. The summed E-state index contributed by atoms with van der Waals surface area (Å²) in [7, 11) is 3.33. The van der Waals surface area contributed by atoms with E-state index in [0.717, 1.165) is 33.8 Å². The molecular formula is C24H24O3. The molecule has 0 radical (unpaired) electrons. The zero-order chi connectivity index (χ0) is 19.2. The molecule has 3 aromatic rings. The van der Waals surface area contributed by atoms with E-state index in [0.29, 0.717) is 6.42 Å². The molecule has 0 bridgehead atoms. The van der Waals surface area contributed by atoms with Gasteiger partial charge < -0.3 is 9.47 Å². The average molecular weight is 360 g/mol. The van der Waals surface area contributed by atoms with Gasteiger partial charge in [0.2, 0.25) is 0 Å². The zero-order valence-electron chi connectivity index (χ0n) is 15.9. The van der Waals surface area contributed by atoms with Gasteiger partial charge >= 0.3 is 0 Å². The third-order valence-electron chi connectivity index (χ3n) is 4.79. The summed E-state index contributed by atoms with van der Waals surface area (Å²) in [6.07, 6.45) is 0.514. The van der Waals surface area contributed by atoms with Gasteiger partial charge in [-0.25, -0.2) is 0 Å². The lowest BCUT2D eigenvalue weighted by molar-refractivity contribution is 0.0988. The quantitative estimate of drug-likeness (QED) is 0.414. The first-order valence-corrected chi connectivity index (χ1v) is 9.07. The van der Waals surface area contributed by atoms with E-state index in [1.54, 1.807) is 14.2 Å².